The number of fused-ring (bicyclic) bond motifs is 1. The standard InChI is InChI=1S/C19H31N7O6/c1-3-30-9-6-23-31-8-5-4-7-25(2)10-12-14(27)15(28)18(32-12)26-17-13(24-19(26)29)16(20)21-11-22-17/h6,11-12,14-15,18,27-28H,3-5,7-10H2,1-2H3,(H,24,29)(H2,20,21,22)/t12-,14?,15?,18-/m1/s1. The van der Waals surface area contributed by atoms with Gasteiger partial charge in [0.1, 0.15) is 36.8 Å². The fourth-order valence-electron chi connectivity index (χ4n) is 3.54. The third kappa shape index (κ3) is 5.61. The van der Waals surface area contributed by atoms with Crippen molar-refractivity contribution in [2.24, 2.45) is 5.16 Å². The van der Waals surface area contributed by atoms with E-state index in [-0.39, 0.29) is 17.0 Å². The fourth-order valence-corrected chi connectivity index (χ4v) is 3.54. The quantitative estimate of drug-likeness (QED) is 0.179. The molecule has 0 radical (unpaired) electrons. The third-order valence-corrected chi connectivity index (χ3v) is 5.19. The predicted molar refractivity (Wildman–Crippen MR) is 116 cm³/mol. The maximum absolute atomic E-state index is 12.4. The summed E-state index contributed by atoms with van der Waals surface area (Å²) in [5.41, 5.74) is 5.69. The van der Waals surface area contributed by atoms with Crippen LogP contribution in [0.1, 0.15) is 26.0 Å². The molecule has 0 spiro atoms. The lowest BCUT2D eigenvalue weighted by Crippen LogP contribution is -2.39. The summed E-state index contributed by atoms with van der Waals surface area (Å²) in [7, 11) is 1.89. The molecule has 0 saturated carbocycles. The van der Waals surface area contributed by atoms with Gasteiger partial charge in [0.2, 0.25) is 0 Å². The molecule has 2 aromatic rings. The van der Waals surface area contributed by atoms with Crippen molar-refractivity contribution in [2.75, 3.05) is 45.7 Å². The van der Waals surface area contributed by atoms with E-state index < -0.39 is 30.2 Å². The summed E-state index contributed by atoms with van der Waals surface area (Å²) in [5.74, 6) is 0.110. The van der Waals surface area contributed by atoms with E-state index in [4.69, 9.17) is 20.0 Å². The van der Waals surface area contributed by atoms with Crippen LogP contribution in [0.15, 0.2) is 16.3 Å². The maximum atomic E-state index is 12.4. The number of nitrogens with two attached hydrogens (primary N) is 1. The minimum atomic E-state index is -1.30. The van der Waals surface area contributed by atoms with E-state index in [0.717, 1.165) is 24.0 Å². The number of hydrogen-bond donors (Lipinski definition) is 4. The average molecular weight is 454 g/mol. The van der Waals surface area contributed by atoms with E-state index in [1.54, 1.807) is 6.21 Å². The molecule has 32 heavy (non-hydrogen) atoms. The Balaban J connectivity index is 1.50. The van der Waals surface area contributed by atoms with Gasteiger partial charge in [-0.1, -0.05) is 5.16 Å². The molecule has 0 bridgehead atoms. The molecule has 5 N–H and O–H groups in total. The molecule has 13 heteroatoms. The van der Waals surface area contributed by atoms with Crippen LogP contribution in [-0.2, 0) is 14.3 Å². The van der Waals surface area contributed by atoms with Crippen molar-refractivity contribution >= 4 is 23.2 Å². The van der Waals surface area contributed by atoms with Crippen LogP contribution >= 0.6 is 0 Å². The van der Waals surface area contributed by atoms with Crippen LogP contribution in [0.2, 0.25) is 0 Å². The first-order valence-corrected chi connectivity index (χ1v) is 10.6. The Labute approximate surface area is 184 Å². The van der Waals surface area contributed by atoms with Gasteiger partial charge in [-0.05, 0) is 33.4 Å². The molecule has 1 aliphatic heterocycles. The number of hydrogen-bond acceptors (Lipinski definition) is 11. The molecular formula is C19H31N7O6. The van der Waals surface area contributed by atoms with E-state index in [1.807, 2.05) is 18.9 Å². The molecule has 1 fully saturated rings. The Bertz CT molecular complexity index is 948. The minimum Gasteiger partial charge on any atom is -0.396 e. The molecular weight excluding hydrogens is 422 g/mol. The number of ether oxygens (including phenoxy) is 2. The Morgan fingerprint density at radius 1 is 1.38 bits per heavy atom. The van der Waals surface area contributed by atoms with Gasteiger partial charge in [0.05, 0.1) is 12.8 Å². The molecule has 1 saturated heterocycles. The van der Waals surface area contributed by atoms with Gasteiger partial charge in [-0.2, -0.15) is 0 Å². The zero-order valence-electron chi connectivity index (χ0n) is 18.3. The van der Waals surface area contributed by atoms with E-state index in [0.29, 0.717) is 26.4 Å². The Morgan fingerprint density at radius 2 is 2.19 bits per heavy atom. The lowest BCUT2D eigenvalue weighted by molar-refractivity contribution is -0.0438. The second-order valence-corrected chi connectivity index (χ2v) is 7.55. The summed E-state index contributed by atoms with van der Waals surface area (Å²) in [6, 6.07) is 0. The van der Waals surface area contributed by atoms with Gasteiger partial charge >= 0.3 is 5.69 Å². The van der Waals surface area contributed by atoms with Crippen LogP contribution in [0, 0.1) is 0 Å². The Kier molecular flexibility index (Phi) is 8.53. The van der Waals surface area contributed by atoms with Crippen molar-refractivity contribution in [2.45, 2.75) is 44.3 Å². The molecule has 4 atom stereocenters. The summed E-state index contributed by atoms with van der Waals surface area (Å²) in [4.78, 5) is 30.1. The molecule has 0 amide bonds. The summed E-state index contributed by atoms with van der Waals surface area (Å²) in [6.45, 7) is 4.58. The normalized spacial score (nSPS) is 23.7. The Hall–Kier alpha value is -2.58. The van der Waals surface area contributed by atoms with Crippen molar-refractivity contribution < 1.29 is 24.5 Å². The first kappa shape index (κ1) is 24.1. The maximum Gasteiger partial charge on any atom is 0.330 e. The van der Waals surface area contributed by atoms with E-state index >= 15 is 0 Å². The number of imidazole rings is 1. The number of nitrogens with zero attached hydrogens (tertiary/aromatic N) is 5. The topological polar surface area (TPSA) is 173 Å². The van der Waals surface area contributed by atoms with Gasteiger partial charge in [0, 0.05) is 13.2 Å². The molecule has 2 unspecified atom stereocenters. The number of nitrogens with one attached hydrogen (secondary N) is 1. The van der Waals surface area contributed by atoms with E-state index in [9.17, 15) is 15.0 Å². The number of unbranched alkanes of at least 4 members (excludes halogenated alkanes) is 1. The highest BCUT2D eigenvalue weighted by atomic mass is 16.6. The summed E-state index contributed by atoms with van der Waals surface area (Å²) >= 11 is 0. The molecule has 0 aliphatic carbocycles. The molecule has 2 aromatic heterocycles. The largest absolute Gasteiger partial charge is 0.396 e. The molecule has 3 rings (SSSR count). The monoisotopic (exact) mass is 453 g/mol. The molecule has 13 nitrogen and oxygen atoms in total. The number of aliphatic hydroxyl groups is 2. The number of anilines is 1. The van der Waals surface area contributed by atoms with Gasteiger partial charge in [-0.25, -0.2) is 19.3 Å². The number of aromatic nitrogens is 4. The predicted octanol–water partition coefficient (Wildman–Crippen LogP) is -0.928. The van der Waals surface area contributed by atoms with Crippen molar-refractivity contribution in [3.8, 4) is 0 Å². The van der Waals surface area contributed by atoms with Crippen molar-refractivity contribution in [3.63, 3.8) is 0 Å². The van der Waals surface area contributed by atoms with Crippen molar-refractivity contribution in [3.05, 3.63) is 16.8 Å². The number of H-pyrrole nitrogens is 1. The van der Waals surface area contributed by atoms with Crippen LogP contribution < -0.4 is 11.4 Å². The highest BCUT2D eigenvalue weighted by Crippen LogP contribution is 2.31. The summed E-state index contributed by atoms with van der Waals surface area (Å²) < 4.78 is 12.1. The zero-order chi connectivity index (χ0) is 23.1. The SMILES string of the molecule is CCOCC=NOCCCCN(C)C[C@H]1O[C@@H](n2c(=O)[nH]c3c(N)ncnc32)C(O)C1O. The molecule has 178 valence electrons. The van der Waals surface area contributed by atoms with Crippen LogP contribution in [0.5, 0.6) is 0 Å². The number of aliphatic hydroxyl groups excluding tert-OH is 2. The van der Waals surface area contributed by atoms with Gasteiger partial charge < -0.3 is 40.1 Å². The van der Waals surface area contributed by atoms with Crippen LogP contribution in [0.25, 0.3) is 11.2 Å². The zero-order valence-corrected chi connectivity index (χ0v) is 18.3. The third-order valence-electron chi connectivity index (χ3n) is 5.19. The van der Waals surface area contributed by atoms with Gasteiger partial charge in [-0.15, -0.1) is 0 Å². The minimum absolute atomic E-state index is 0.110. The number of nitrogen functional groups attached to an aromatic ring is 1. The number of likely N-dealkylation sites (N-methyl/N-ethyl adjacent to an activating group) is 1. The first-order chi connectivity index (χ1) is 15.4. The van der Waals surface area contributed by atoms with Crippen LogP contribution in [-0.4, -0.2) is 99.1 Å². The van der Waals surface area contributed by atoms with Gasteiger partial charge in [0.15, 0.2) is 17.7 Å². The van der Waals surface area contributed by atoms with Crippen molar-refractivity contribution in [1.82, 2.24) is 24.4 Å². The Morgan fingerprint density at radius 3 is 2.97 bits per heavy atom. The van der Waals surface area contributed by atoms with Crippen LogP contribution in [0.4, 0.5) is 5.82 Å². The lowest BCUT2D eigenvalue weighted by atomic mass is 10.1. The first-order valence-electron chi connectivity index (χ1n) is 10.6. The highest BCUT2D eigenvalue weighted by Gasteiger charge is 2.45. The molecule has 3 heterocycles. The summed E-state index contributed by atoms with van der Waals surface area (Å²) in [6.07, 6.45) is 0.211. The van der Waals surface area contributed by atoms with Crippen LogP contribution in [0.3, 0.4) is 0 Å². The van der Waals surface area contributed by atoms with Crippen molar-refractivity contribution in [1.29, 1.82) is 0 Å². The lowest BCUT2D eigenvalue weighted by Gasteiger charge is -2.22. The smallest absolute Gasteiger partial charge is 0.330 e. The van der Waals surface area contributed by atoms with E-state index in [2.05, 4.69) is 20.1 Å². The van der Waals surface area contributed by atoms with Gasteiger partial charge in [-0.3, -0.25) is 0 Å². The number of aromatic amines is 1. The second kappa shape index (κ2) is 11.3. The molecule has 0 aromatic carbocycles. The highest BCUT2D eigenvalue weighted by molar-refractivity contribution is 5.81. The second-order valence-electron chi connectivity index (χ2n) is 7.55. The molecule has 1 aliphatic rings. The fraction of sp³-hybridized carbons (Fsp3) is 0.684. The number of rotatable bonds is 12. The average Bonchev–Trinajstić information content (AvgIpc) is 3.24. The van der Waals surface area contributed by atoms with Gasteiger partial charge in [0.25, 0.3) is 0 Å². The van der Waals surface area contributed by atoms with E-state index in [1.165, 1.54) is 6.33 Å². The summed E-state index contributed by atoms with van der Waals surface area (Å²) in [5, 5.41) is 24.8. The number of oxime groups is 1.